The molecule has 0 amide bonds. The molecule has 4 nitrogen and oxygen atoms in total. The topological polar surface area (TPSA) is 72.2 Å². The molecule has 21 heavy (non-hydrogen) atoms. The van der Waals surface area contributed by atoms with Crippen LogP contribution in [0.1, 0.15) is 18.5 Å². The summed E-state index contributed by atoms with van der Waals surface area (Å²) >= 11 is 3.29. The fourth-order valence-corrected chi connectivity index (χ4v) is 2.75. The van der Waals surface area contributed by atoms with E-state index in [0.29, 0.717) is 5.69 Å². The lowest BCUT2D eigenvalue weighted by atomic mass is 10.1. The van der Waals surface area contributed by atoms with Crippen molar-refractivity contribution in [1.82, 2.24) is 0 Å². The van der Waals surface area contributed by atoms with Crippen LogP contribution in [0.15, 0.2) is 51.8 Å². The normalized spacial score (nSPS) is 13.0. The van der Waals surface area contributed by atoms with E-state index in [1.165, 1.54) is 18.2 Å². The van der Waals surface area contributed by atoms with Crippen molar-refractivity contribution < 1.29 is 12.8 Å². The lowest BCUT2D eigenvalue weighted by Gasteiger charge is -2.16. The summed E-state index contributed by atoms with van der Waals surface area (Å²) in [5.74, 6) is -0.355. The molecule has 0 heterocycles. The molecule has 2 aromatic rings. The Balaban J connectivity index is 2.20. The number of hydrogen-bond donors (Lipinski definition) is 2. The molecule has 0 spiro atoms. The standard InChI is InChI=1S/C14H14BrFN2O2S/c1-9(18-14-8-11(15)4-7-13(14)16)10-2-5-12(6-3-10)21(17,19)20/h2-9,18H,1H3,(H2,17,19,20). The first-order chi connectivity index (χ1) is 9.77. The van der Waals surface area contributed by atoms with Gasteiger partial charge in [0.1, 0.15) is 5.82 Å². The van der Waals surface area contributed by atoms with Gasteiger partial charge in [-0.1, -0.05) is 28.1 Å². The second-order valence-electron chi connectivity index (χ2n) is 4.60. The van der Waals surface area contributed by atoms with Crippen molar-refractivity contribution >= 4 is 31.6 Å². The third kappa shape index (κ3) is 4.03. The first-order valence-corrected chi connectivity index (χ1v) is 8.45. The van der Waals surface area contributed by atoms with E-state index < -0.39 is 10.0 Å². The molecule has 0 aliphatic heterocycles. The summed E-state index contributed by atoms with van der Waals surface area (Å²) in [4.78, 5) is 0.0482. The van der Waals surface area contributed by atoms with Gasteiger partial charge in [-0.25, -0.2) is 17.9 Å². The summed E-state index contributed by atoms with van der Waals surface area (Å²) < 4.78 is 36.8. The van der Waals surface area contributed by atoms with Crippen LogP contribution in [0.25, 0.3) is 0 Å². The predicted octanol–water partition coefficient (Wildman–Crippen LogP) is 3.41. The van der Waals surface area contributed by atoms with Crippen LogP contribution in [-0.2, 0) is 10.0 Å². The molecule has 0 saturated heterocycles. The molecule has 112 valence electrons. The summed E-state index contributed by atoms with van der Waals surface area (Å²) in [6.45, 7) is 1.85. The Morgan fingerprint density at radius 2 is 1.81 bits per heavy atom. The number of benzene rings is 2. The molecule has 0 aromatic heterocycles. The maximum Gasteiger partial charge on any atom is 0.238 e. The zero-order valence-electron chi connectivity index (χ0n) is 11.2. The largest absolute Gasteiger partial charge is 0.376 e. The first-order valence-electron chi connectivity index (χ1n) is 6.12. The molecule has 0 saturated carbocycles. The quantitative estimate of drug-likeness (QED) is 0.863. The Hall–Kier alpha value is -1.44. The molecule has 1 atom stereocenters. The van der Waals surface area contributed by atoms with Crippen LogP contribution >= 0.6 is 15.9 Å². The van der Waals surface area contributed by atoms with Gasteiger partial charge in [0.25, 0.3) is 0 Å². The first kappa shape index (κ1) is 15.9. The van der Waals surface area contributed by atoms with E-state index in [1.54, 1.807) is 24.3 Å². The molecule has 0 fully saturated rings. The van der Waals surface area contributed by atoms with Crippen molar-refractivity contribution in [1.29, 1.82) is 0 Å². The summed E-state index contributed by atoms with van der Waals surface area (Å²) in [6.07, 6.45) is 0. The number of sulfonamides is 1. The van der Waals surface area contributed by atoms with Crippen LogP contribution in [-0.4, -0.2) is 8.42 Å². The molecule has 2 rings (SSSR count). The average Bonchev–Trinajstić information content (AvgIpc) is 2.42. The van der Waals surface area contributed by atoms with E-state index in [-0.39, 0.29) is 16.8 Å². The Morgan fingerprint density at radius 3 is 2.38 bits per heavy atom. The number of rotatable bonds is 4. The van der Waals surface area contributed by atoms with Crippen molar-refractivity contribution in [3.63, 3.8) is 0 Å². The zero-order chi connectivity index (χ0) is 15.6. The molecular formula is C14H14BrFN2O2S. The van der Waals surface area contributed by atoms with Gasteiger partial charge in [-0.15, -0.1) is 0 Å². The lowest BCUT2D eigenvalue weighted by Crippen LogP contribution is -2.13. The Kier molecular flexibility index (Phi) is 4.65. The van der Waals surface area contributed by atoms with Crippen molar-refractivity contribution in [3.05, 3.63) is 58.3 Å². The van der Waals surface area contributed by atoms with Crippen molar-refractivity contribution in [3.8, 4) is 0 Å². The molecular weight excluding hydrogens is 359 g/mol. The van der Waals surface area contributed by atoms with Crippen LogP contribution in [0, 0.1) is 5.82 Å². The van der Waals surface area contributed by atoms with Gasteiger partial charge in [0.15, 0.2) is 0 Å². The van der Waals surface area contributed by atoms with Gasteiger partial charge >= 0.3 is 0 Å². The third-order valence-electron chi connectivity index (χ3n) is 3.01. The average molecular weight is 373 g/mol. The summed E-state index contributed by atoms with van der Waals surface area (Å²) in [7, 11) is -3.70. The lowest BCUT2D eigenvalue weighted by molar-refractivity contribution is 0.597. The second-order valence-corrected chi connectivity index (χ2v) is 7.08. The van der Waals surface area contributed by atoms with Crippen molar-refractivity contribution in [2.24, 2.45) is 5.14 Å². The van der Waals surface area contributed by atoms with E-state index in [0.717, 1.165) is 10.0 Å². The maximum atomic E-state index is 13.7. The fraction of sp³-hybridized carbons (Fsp3) is 0.143. The van der Waals surface area contributed by atoms with Crippen LogP contribution in [0.4, 0.5) is 10.1 Å². The molecule has 7 heteroatoms. The molecule has 0 radical (unpaired) electrons. The van der Waals surface area contributed by atoms with Gasteiger partial charge in [0, 0.05) is 10.5 Å². The minimum Gasteiger partial charge on any atom is -0.376 e. The molecule has 0 bridgehead atoms. The van der Waals surface area contributed by atoms with Crippen LogP contribution in [0.5, 0.6) is 0 Å². The minimum absolute atomic E-state index is 0.0482. The number of nitrogens with one attached hydrogen (secondary N) is 1. The van der Waals surface area contributed by atoms with Gasteiger partial charge in [0.2, 0.25) is 10.0 Å². The number of anilines is 1. The summed E-state index contributed by atoms with van der Waals surface area (Å²) in [5, 5.41) is 8.08. The Labute approximate surface area is 131 Å². The highest BCUT2D eigenvalue weighted by molar-refractivity contribution is 9.10. The molecule has 0 aliphatic carbocycles. The minimum atomic E-state index is -3.70. The SMILES string of the molecule is CC(Nc1cc(Br)ccc1F)c1ccc(S(N)(=O)=O)cc1. The van der Waals surface area contributed by atoms with Crippen molar-refractivity contribution in [2.75, 3.05) is 5.32 Å². The molecule has 2 aromatic carbocycles. The van der Waals surface area contributed by atoms with E-state index >= 15 is 0 Å². The van der Waals surface area contributed by atoms with Crippen LogP contribution in [0.2, 0.25) is 0 Å². The number of hydrogen-bond acceptors (Lipinski definition) is 3. The van der Waals surface area contributed by atoms with Crippen LogP contribution in [0.3, 0.4) is 0 Å². The number of nitrogens with two attached hydrogens (primary N) is 1. The highest BCUT2D eigenvalue weighted by Gasteiger charge is 2.11. The van der Waals surface area contributed by atoms with Gasteiger partial charge < -0.3 is 5.32 Å². The van der Waals surface area contributed by atoms with Gasteiger partial charge in [-0.05, 0) is 42.8 Å². The van der Waals surface area contributed by atoms with Gasteiger partial charge in [0.05, 0.1) is 10.6 Å². The van der Waals surface area contributed by atoms with E-state index in [1.807, 2.05) is 6.92 Å². The third-order valence-corrected chi connectivity index (χ3v) is 4.43. The number of primary sulfonamides is 1. The summed E-state index contributed by atoms with van der Waals surface area (Å²) in [5.41, 5.74) is 1.19. The zero-order valence-corrected chi connectivity index (χ0v) is 13.6. The maximum absolute atomic E-state index is 13.7. The Morgan fingerprint density at radius 1 is 1.19 bits per heavy atom. The van der Waals surface area contributed by atoms with Crippen LogP contribution < -0.4 is 10.5 Å². The highest BCUT2D eigenvalue weighted by Crippen LogP contribution is 2.25. The molecule has 3 N–H and O–H groups in total. The van der Waals surface area contributed by atoms with Gasteiger partial charge in [-0.3, -0.25) is 0 Å². The van der Waals surface area contributed by atoms with Crippen molar-refractivity contribution in [2.45, 2.75) is 17.9 Å². The predicted molar refractivity (Wildman–Crippen MR) is 84.0 cm³/mol. The number of halogens is 2. The van der Waals surface area contributed by atoms with E-state index in [9.17, 15) is 12.8 Å². The molecule has 0 aliphatic rings. The second kappa shape index (κ2) is 6.13. The van der Waals surface area contributed by atoms with E-state index in [4.69, 9.17) is 5.14 Å². The monoisotopic (exact) mass is 372 g/mol. The smallest absolute Gasteiger partial charge is 0.238 e. The Bertz CT molecular complexity index is 748. The highest BCUT2D eigenvalue weighted by atomic mass is 79.9. The fourth-order valence-electron chi connectivity index (χ4n) is 1.87. The summed E-state index contributed by atoms with van der Waals surface area (Å²) in [6, 6.07) is 10.6. The van der Waals surface area contributed by atoms with E-state index in [2.05, 4.69) is 21.2 Å². The molecule has 1 unspecified atom stereocenters. The van der Waals surface area contributed by atoms with Gasteiger partial charge in [-0.2, -0.15) is 0 Å².